The highest BCUT2D eigenvalue weighted by atomic mass is 16.3. The van der Waals surface area contributed by atoms with Gasteiger partial charge in [0.05, 0.1) is 24.0 Å². The van der Waals surface area contributed by atoms with E-state index in [0.29, 0.717) is 11.8 Å². The SMILES string of the molecule is CC(=O)C1CCC(n2cnc3ccc(CO)cc32)CC1. The van der Waals surface area contributed by atoms with Crippen molar-refractivity contribution in [1.29, 1.82) is 0 Å². The summed E-state index contributed by atoms with van der Waals surface area (Å²) in [7, 11) is 0. The Balaban J connectivity index is 1.86. The molecular weight excluding hydrogens is 252 g/mol. The van der Waals surface area contributed by atoms with Gasteiger partial charge >= 0.3 is 0 Å². The Morgan fingerprint density at radius 2 is 2.10 bits per heavy atom. The summed E-state index contributed by atoms with van der Waals surface area (Å²) in [5.74, 6) is 0.565. The van der Waals surface area contributed by atoms with Crippen LogP contribution in [0.25, 0.3) is 11.0 Å². The van der Waals surface area contributed by atoms with Gasteiger partial charge in [-0.25, -0.2) is 4.98 Å². The molecule has 0 unspecified atom stereocenters. The van der Waals surface area contributed by atoms with E-state index in [-0.39, 0.29) is 12.5 Å². The van der Waals surface area contributed by atoms with E-state index in [1.165, 1.54) is 0 Å². The third-order valence-corrected chi connectivity index (χ3v) is 4.49. The minimum Gasteiger partial charge on any atom is -0.392 e. The van der Waals surface area contributed by atoms with Crippen molar-refractivity contribution in [2.75, 3.05) is 0 Å². The molecule has 0 aliphatic heterocycles. The number of Topliss-reactive ketones (excluding diaryl/α,β-unsaturated/α-hetero) is 1. The average molecular weight is 272 g/mol. The number of aliphatic hydroxyl groups is 1. The second kappa shape index (κ2) is 5.37. The Morgan fingerprint density at radius 3 is 2.75 bits per heavy atom. The van der Waals surface area contributed by atoms with E-state index in [4.69, 9.17) is 0 Å². The quantitative estimate of drug-likeness (QED) is 0.934. The maximum Gasteiger partial charge on any atom is 0.132 e. The van der Waals surface area contributed by atoms with Crippen molar-refractivity contribution in [3.8, 4) is 0 Å². The lowest BCUT2D eigenvalue weighted by atomic mass is 9.84. The van der Waals surface area contributed by atoms with Crippen LogP contribution in [0, 0.1) is 5.92 Å². The molecule has 0 spiro atoms. The van der Waals surface area contributed by atoms with Crippen LogP contribution in [-0.4, -0.2) is 20.4 Å². The van der Waals surface area contributed by atoms with Crippen LogP contribution < -0.4 is 0 Å². The van der Waals surface area contributed by atoms with Crippen molar-refractivity contribution in [3.05, 3.63) is 30.1 Å². The molecule has 1 heterocycles. The van der Waals surface area contributed by atoms with Gasteiger partial charge in [0.2, 0.25) is 0 Å². The zero-order chi connectivity index (χ0) is 14.1. The third-order valence-electron chi connectivity index (χ3n) is 4.49. The topological polar surface area (TPSA) is 55.1 Å². The summed E-state index contributed by atoms with van der Waals surface area (Å²) in [6.07, 6.45) is 5.89. The zero-order valence-electron chi connectivity index (χ0n) is 11.7. The fourth-order valence-corrected chi connectivity index (χ4v) is 3.22. The molecule has 0 saturated heterocycles. The lowest BCUT2D eigenvalue weighted by Crippen LogP contribution is -2.21. The van der Waals surface area contributed by atoms with Gasteiger partial charge in [-0.05, 0) is 50.3 Å². The number of hydrogen-bond donors (Lipinski definition) is 1. The first-order chi connectivity index (χ1) is 9.69. The zero-order valence-corrected chi connectivity index (χ0v) is 11.7. The van der Waals surface area contributed by atoms with Crippen molar-refractivity contribution in [3.63, 3.8) is 0 Å². The summed E-state index contributed by atoms with van der Waals surface area (Å²) in [4.78, 5) is 15.9. The van der Waals surface area contributed by atoms with Crippen molar-refractivity contribution < 1.29 is 9.90 Å². The summed E-state index contributed by atoms with van der Waals surface area (Å²) in [5.41, 5.74) is 2.97. The molecule has 1 fully saturated rings. The number of rotatable bonds is 3. The van der Waals surface area contributed by atoms with Gasteiger partial charge in [-0.2, -0.15) is 0 Å². The molecule has 20 heavy (non-hydrogen) atoms. The molecule has 1 aliphatic carbocycles. The number of imidazole rings is 1. The first-order valence-electron chi connectivity index (χ1n) is 7.26. The normalized spacial score (nSPS) is 23.1. The molecule has 0 bridgehead atoms. The average Bonchev–Trinajstić information content (AvgIpc) is 2.90. The van der Waals surface area contributed by atoms with E-state index in [0.717, 1.165) is 42.3 Å². The predicted octanol–water partition coefficient (Wildman–Crippen LogP) is 2.85. The summed E-state index contributed by atoms with van der Waals surface area (Å²) >= 11 is 0. The minimum atomic E-state index is 0.0538. The van der Waals surface area contributed by atoms with E-state index in [2.05, 4.69) is 9.55 Å². The molecule has 1 aliphatic rings. The number of nitrogens with zero attached hydrogens (tertiary/aromatic N) is 2. The molecule has 106 valence electrons. The van der Waals surface area contributed by atoms with Crippen LogP contribution in [0.4, 0.5) is 0 Å². The van der Waals surface area contributed by atoms with E-state index in [1.54, 1.807) is 6.92 Å². The lowest BCUT2D eigenvalue weighted by molar-refractivity contribution is -0.121. The first-order valence-corrected chi connectivity index (χ1v) is 7.26. The third kappa shape index (κ3) is 2.36. The van der Waals surface area contributed by atoms with E-state index in [9.17, 15) is 9.90 Å². The number of carbonyl (C=O) groups is 1. The fraction of sp³-hybridized carbons (Fsp3) is 0.500. The second-order valence-corrected chi connectivity index (χ2v) is 5.75. The maximum absolute atomic E-state index is 11.4. The number of fused-ring (bicyclic) bond motifs is 1. The Bertz CT molecular complexity index is 624. The molecule has 0 atom stereocenters. The summed E-state index contributed by atoms with van der Waals surface area (Å²) in [6.45, 7) is 1.75. The summed E-state index contributed by atoms with van der Waals surface area (Å²) in [5, 5.41) is 9.26. The van der Waals surface area contributed by atoms with Crippen LogP contribution in [0.15, 0.2) is 24.5 Å². The fourth-order valence-electron chi connectivity index (χ4n) is 3.22. The lowest BCUT2D eigenvalue weighted by Gasteiger charge is -2.28. The van der Waals surface area contributed by atoms with Gasteiger partial charge in [0.25, 0.3) is 0 Å². The molecule has 1 aromatic carbocycles. The molecule has 0 radical (unpaired) electrons. The molecule has 1 saturated carbocycles. The largest absolute Gasteiger partial charge is 0.392 e. The number of hydrogen-bond acceptors (Lipinski definition) is 3. The molecule has 2 aromatic rings. The van der Waals surface area contributed by atoms with Gasteiger partial charge in [-0.15, -0.1) is 0 Å². The number of aromatic nitrogens is 2. The van der Waals surface area contributed by atoms with Crippen molar-refractivity contribution in [1.82, 2.24) is 9.55 Å². The first kappa shape index (κ1) is 13.3. The van der Waals surface area contributed by atoms with Gasteiger partial charge in [0, 0.05) is 12.0 Å². The highest BCUT2D eigenvalue weighted by Gasteiger charge is 2.25. The number of ketones is 1. The van der Waals surface area contributed by atoms with Gasteiger partial charge in [-0.3, -0.25) is 4.79 Å². The van der Waals surface area contributed by atoms with Gasteiger partial charge in [0.15, 0.2) is 0 Å². The van der Waals surface area contributed by atoms with Crippen LogP contribution in [-0.2, 0) is 11.4 Å². The summed E-state index contributed by atoms with van der Waals surface area (Å²) in [6, 6.07) is 6.30. The highest BCUT2D eigenvalue weighted by molar-refractivity contribution is 5.78. The van der Waals surface area contributed by atoms with Crippen molar-refractivity contribution in [2.45, 2.75) is 45.3 Å². The smallest absolute Gasteiger partial charge is 0.132 e. The number of carbonyl (C=O) groups excluding carboxylic acids is 1. The molecule has 0 amide bonds. The Labute approximate surface area is 118 Å². The number of benzene rings is 1. The van der Waals surface area contributed by atoms with Crippen LogP contribution in [0.5, 0.6) is 0 Å². The van der Waals surface area contributed by atoms with Crippen LogP contribution in [0.2, 0.25) is 0 Å². The molecule has 1 N–H and O–H groups in total. The minimum absolute atomic E-state index is 0.0538. The predicted molar refractivity (Wildman–Crippen MR) is 77.3 cm³/mol. The van der Waals surface area contributed by atoms with Crippen molar-refractivity contribution >= 4 is 16.8 Å². The van der Waals surface area contributed by atoms with Gasteiger partial charge in [-0.1, -0.05) is 6.07 Å². The molecule has 3 rings (SSSR count). The number of aliphatic hydroxyl groups excluding tert-OH is 1. The van der Waals surface area contributed by atoms with Crippen molar-refractivity contribution in [2.24, 2.45) is 5.92 Å². The van der Waals surface area contributed by atoms with Crippen LogP contribution in [0.3, 0.4) is 0 Å². The molecule has 4 heteroatoms. The van der Waals surface area contributed by atoms with Crippen LogP contribution >= 0.6 is 0 Å². The summed E-state index contributed by atoms with van der Waals surface area (Å²) < 4.78 is 2.21. The van der Waals surface area contributed by atoms with Crippen LogP contribution in [0.1, 0.15) is 44.2 Å². The molecule has 4 nitrogen and oxygen atoms in total. The van der Waals surface area contributed by atoms with E-state index >= 15 is 0 Å². The Morgan fingerprint density at radius 1 is 1.35 bits per heavy atom. The maximum atomic E-state index is 11.4. The monoisotopic (exact) mass is 272 g/mol. The van der Waals surface area contributed by atoms with E-state index in [1.807, 2.05) is 24.5 Å². The van der Waals surface area contributed by atoms with Gasteiger partial charge in [0.1, 0.15) is 5.78 Å². The van der Waals surface area contributed by atoms with Gasteiger partial charge < -0.3 is 9.67 Å². The standard InChI is InChI=1S/C16H20N2O2/c1-11(20)13-3-5-14(6-4-13)18-10-17-15-7-2-12(9-19)8-16(15)18/h2,7-8,10,13-14,19H,3-6,9H2,1H3. The second-order valence-electron chi connectivity index (χ2n) is 5.75. The van der Waals surface area contributed by atoms with E-state index < -0.39 is 0 Å². The Kier molecular flexibility index (Phi) is 3.57. The molecule has 1 aromatic heterocycles. The Hall–Kier alpha value is -1.68. The highest BCUT2D eigenvalue weighted by Crippen LogP contribution is 2.34. The molecular formula is C16H20N2O2.